The highest BCUT2D eigenvalue weighted by Crippen LogP contribution is 2.46. The zero-order chi connectivity index (χ0) is 7.83. The topological polar surface area (TPSA) is 69.6 Å². The smallest absolute Gasteiger partial charge is 0.382 e. The van der Waals surface area contributed by atoms with E-state index in [9.17, 15) is 9.77 Å². The molecule has 0 aromatic heterocycles. The van der Waals surface area contributed by atoms with Crippen LogP contribution >= 0.6 is 7.60 Å². The van der Waals surface area contributed by atoms with Crippen molar-refractivity contribution in [2.45, 2.75) is 0 Å². The van der Waals surface area contributed by atoms with E-state index < -0.39 is 18.5 Å². The second kappa shape index (κ2) is 2.29. The Labute approximate surface area is 58.9 Å². The molecule has 0 amide bonds. The van der Waals surface area contributed by atoms with Crippen LogP contribution < -0.4 is 0 Å². The molecular weight excluding hydrogens is 157 g/mol. The van der Waals surface area contributed by atoms with Crippen LogP contribution in [0.1, 0.15) is 0 Å². The third-order valence-corrected chi connectivity index (χ3v) is 2.69. The van der Waals surface area contributed by atoms with Crippen molar-refractivity contribution in [2.75, 3.05) is 19.4 Å². The van der Waals surface area contributed by atoms with Crippen molar-refractivity contribution >= 4 is 7.60 Å². The SMILES string of the molecule is [CH2][N+]1([O-])CCOP(=O)(O)C1. The third-order valence-electron chi connectivity index (χ3n) is 1.23. The first-order valence-electron chi connectivity index (χ1n) is 2.80. The summed E-state index contributed by atoms with van der Waals surface area (Å²) in [5.74, 6) is 0. The summed E-state index contributed by atoms with van der Waals surface area (Å²) in [6.07, 6.45) is -0.438. The summed E-state index contributed by atoms with van der Waals surface area (Å²) in [7, 11) is -0.416. The molecule has 0 saturated carbocycles. The van der Waals surface area contributed by atoms with Crippen LogP contribution in [0, 0.1) is 12.3 Å². The highest BCUT2D eigenvalue weighted by atomic mass is 31.2. The summed E-state index contributed by atoms with van der Waals surface area (Å²) < 4.78 is 14.3. The average Bonchev–Trinajstić information content (AvgIpc) is 1.56. The standard InChI is InChI=1S/C4H9NO4P/c1-5(6)2-3-9-10(7,8)4-5/h1-4H2,(H,7,8). The van der Waals surface area contributed by atoms with Crippen molar-refractivity contribution in [3.63, 3.8) is 0 Å². The second-order valence-corrected chi connectivity index (χ2v) is 4.21. The van der Waals surface area contributed by atoms with Gasteiger partial charge in [-0.2, -0.15) is 0 Å². The maximum Gasteiger partial charge on any atom is 0.382 e. The minimum absolute atomic E-state index is 0.0147. The molecule has 0 spiro atoms. The Morgan fingerprint density at radius 1 is 1.80 bits per heavy atom. The number of hydroxylamine groups is 3. The molecule has 5 nitrogen and oxygen atoms in total. The Morgan fingerprint density at radius 2 is 2.40 bits per heavy atom. The van der Waals surface area contributed by atoms with Crippen molar-refractivity contribution in [2.24, 2.45) is 0 Å². The number of hydrogen-bond donors (Lipinski definition) is 1. The molecule has 1 saturated heterocycles. The fourth-order valence-electron chi connectivity index (χ4n) is 0.787. The van der Waals surface area contributed by atoms with Gasteiger partial charge in [-0.1, -0.05) is 0 Å². The van der Waals surface area contributed by atoms with Gasteiger partial charge in [0.05, 0.1) is 0 Å². The maximum absolute atomic E-state index is 11.0. The molecule has 1 fully saturated rings. The first kappa shape index (κ1) is 8.17. The monoisotopic (exact) mass is 166 g/mol. The van der Waals surface area contributed by atoms with Crippen LogP contribution in [0.3, 0.4) is 0 Å². The fraction of sp³-hybridized carbons (Fsp3) is 0.750. The molecule has 6 heteroatoms. The molecule has 0 bridgehead atoms. The fourth-order valence-corrected chi connectivity index (χ4v) is 2.03. The first-order valence-corrected chi connectivity index (χ1v) is 4.56. The van der Waals surface area contributed by atoms with E-state index in [1.54, 1.807) is 0 Å². The summed E-state index contributed by atoms with van der Waals surface area (Å²) in [5, 5.41) is 11.0. The van der Waals surface area contributed by atoms with Gasteiger partial charge in [0.2, 0.25) is 0 Å². The van der Waals surface area contributed by atoms with Crippen LogP contribution in [0.5, 0.6) is 0 Å². The van der Waals surface area contributed by atoms with E-state index in [4.69, 9.17) is 4.89 Å². The quantitative estimate of drug-likeness (QED) is 0.318. The number of hydrogen-bond acceptors (Lipinski definition) is 3. The van der Waals surface area contributed by atoms with Crippen LogP contribution in [0.2, 0.25) is 0 Å². The molecule has 0 aromatic rings. The van der Waals surface area contributed by atoms with Crippen molar-refractivity contribution in [3.8, 4) is 0 Å². The van der Waals surface area contributed by atoms with Crippen molar-refractivity contribution < 1.29 is 18.6 Å². The Hall–Kier alpha value is 0.0700. The lowest BCUT2D eigenvalue weighted by atomic mass is 10.6. The number of rotatable bonds is 0. The van der Waals surface area contributed by atoms with Crippen molar-refractivity contribution in [1.29, 1.82) is 0 Å². The molecule has 2 atom stereocenters. The normalized spacial score (nSPS) is 49.1. The third kappa shape index (κ3) is 2.04. The zero-order valence-corrected chi connectivity index (χ0v) is 6.29. The molecule has 1 heterocycles. The Balaban J connectivity index is 2.66. The molecular formula is C4H9NO4P. The summed E-state index contributed by atoms with van der Waals surface area (Å²) in [6, 6.07) is 0. The lowest BCUT2D eigenvalue weighted by molar-refractivity contribution is -0.828. The van der Waals surface area contributed by atoms with Gasteiger partial charge in [-0.25, -0.2) is 0 Å². The molecule has 1 N–H and O–H groups in total. The van der Waals surface area contributed by atoms with Gasteiger partial charge in [0, 0.05) is 0 Å². The molecule has 1 radical (unpaired) electrons. The van der Waals surface area contributed by atoms with E-state index in [2.05, 4.69) is 11.6 Å². The van der Waals surface area contributed by atoms with Crippen molar-refractivity contribution in [3.05, 3.63) is 12.3 Å². The lowest BCUT2D eigenvalue weighted by Crippen LogP contribution is -2.42. The molecule has 59 valence electrons. The molecule has 1 aliphatic rings. The van der Waals surface area contributed by atoms with Gasteiger partial charge in [-0.3, -0.25) is 9.09 Å². The van der Waals surface area contributed by atoms with Crippen LogP contribution in [-0.2, 0) is 9.09 Å². The van der Waals surface area contributed by atoms with E-state index in [0.29, 0.717) is 0 Å². The van der Waals surface area contributed by atoms with E-state index in [0.717, 1.165) is 0 Å². The minimum Gasteiger partial charge on any atom is -0.632 e. The summed E-state index contributed by atoms with van der Waals surface area (Å²) in [6.45, 7) is 0.158. The number of nitrogens with zero attached hydrogens (tertiary/aromatic N) is 1. The Kier molecular flexibility index (Phi) is 1.87. The molecule has 1 aliphatic heterocycles. The Morgan fingerprint density at radius 3 is 2.70 bits per heavy atom. The maximum atomic E-state index is 11.0. The van der Waals surface area contributed by atoms with Gasteiger partial charge in [0.1, 0.15) is 20.2 Å². The van der Waals surface area contributed by atoms with Gasteiger partial charge < -0.3 is 14.7 Å². The van der Waals surface area contributed by atoms with Gasteiger partial charge in [0.15, 0.2) is 6.29 Å². The predicted molar refractivity (Wildman–Crippen MR) is 34.5 cm³/mol. The van der Waals surface area contributed by atoms with Gasteiger partial charge in [-0.15, -0.1) is 0 Å². The Bertz CT molecular complexity index is 180. The summed E-state index contributed by atoms with van der Waals surface area (Å²) in [5.41, 5.74) is 0. The predicted octanol–water partition coefficient (Wildman–Crippen LogP) is 0.266. The highest BCUT2D eigenvalue weighted by molar-refractivity contribution is 7.52. The van der Waals surface area contributed by atoms with Crippen molar-refractivity contribution in [1.82, 2.24) is 0 Å². The number of quaternary nitrogens is 1. The molecule has 1 rings (SSSR count). The van der Waals surface area contributed by atoms with Crippen LogP contribution in [0.15, 0.2) is 0 Å². The molecule has 2 unspecified atom stereocenters. The van der Waals surface area contributed by atoms with E-state index in [1.807, 2.05) is 0 Å². The lowest BCUT2D eigenvalue weighted by Gasteiger charge is -2.41. The van der Waals surface area contributed by atoms with Crippen LogP contribution in [0.25, 0.3) is 0 Å². The average molecular weight is 166 g/mol. The van der Waals surface area contributed by atoms with E-state index in [1.165, 1.54) is 0 Å². The first-order chi connectivity index (χ1) is 4.41. The van der Waals surface area contributed by atoms with Gasteiger partial charge in [0.25, 0.3) is 0 Å². The molecule has 10 heavy (non-hydrogen) atoms. The van der Waals surface area contributed by atoms with Crippen LogP contribution in [0.4, 0.5) is 0 Å². The minimum atomic E-state index is -3.61. The molecule has 0 aromatic carbocycles. The van der Waals surface area contributed by atoms with E-state index in [-0.39, 0.29) is 13.2 Å². The summed E-state index contributed by atoms with van der Waals surface area (Å²) >= 11 is 0. The molecule has 0 aliphatic carbocycles. The van der Waals surface area contributed by atoms with Gasteiger partial charge in [-0.05, 0) is 0 Å². The second-order valence-electron chi connectivity index (χ2n) is 2.39. The van der Waals surface area contributed by atoms with Gasteiger partial charge >= 0.3 is 7.60 Å². The largest absolute Gasteiger partial charge is 0.632 e. The van der Waals surface area contributed by atoms with E-state index >= 15 is 0 Å². The highest BCUT2D eigenvalue weighted by Gasteiger charge is 2.33. The zero-order valence-electron chi connectivity index (χ0n) is 5.39. The summed E-state index contributed by atoms with van der Waals surface area (Å²) in [4.78, 5) is 8.79. The van der Waals surface area contributed by atoms with Crippen LogP contribution in [-0.4, -0.2) is 29.0 Å².